The van der Waals surface area contributed by atoms with Crippen molar-refractivity contribution in [1.82, 2.24) is 10.2 Å². The number of hydrogen-bond donors (Lipinski definition) is 1. The molecular formula is C11H6F6N2. The van der Waals surface area contributed by atoms with Crippen LogP contribution >= 0.6 is 0 Å². The quantitative estimate of drug-likeness (QED) is 0.782. The Morgan fingerprint density at radius 1 is 0.842 bits per heavy atom. The number of aromatic amines is 1. The zero-order valence-corrected chi connectivity index (χ0v) is 9.10. The van der Waals surface area contributed by atoms with Crippen LogP contribution in [0.3, 0.4) is 0 Å². The molecule has 0 amide bonds. The number of nitrogens with one attached hydrogen (secondary N) is 1. The Morgan fingerprint density at radius 3 is 1.74 bits per heavy atom. The first kappa shape index (κ1) is 13.4. The van der Waals surface area contributed by atoms with Gasteiger partial charge in [-0.05, 0) is 24.3 Å². The van der Waals surface area contributed by atoms with E-state index >= 15 is 0 Å². The highest BCUT2D eigenvalue weighted by molar-refractivity contribution is 5.61. The highest BCUT2D eigenvalue weighted by Crippen LogP contribution is 2.38. The molecule has 0 saturated carbocycles. The molecule has 2 rings (SSSR count). The average molecular weight is 280 g/mol. The van der Waals surface area contributed by atoms with Gasteiger partial charge in [0.2, 0.25) is 0 Å². The fourth-order valence-corrected chi connectivity index (χ4v) is 1.53. The second kappa shape index (κ2) is 4.29. The zero-order valence-electron chi connectivity index (χ0n) is 9.10. The van der Waals surface area contributed by atoms with E-state index in [9.17, 15) is 26.3 Å². The lowest BCUT2D eigenvalue weighted by Crippen LogP contribution is -2.11. The Morgan fingerprint density at radius 2 is 1.37 bits per heavy atom. The number of hydrogen-bond acceptors (Lipinski definition) is 1. The topological polar surface area (TPSA) is 28.7 Å². The summed E-state index contributed by atoms with van der Waals surface area (Å²) in [5.74, 6) is 0. The molecule has 1 aromatic heterocycles. The van der Waals surface area contributed by atoms with Crippen molar-refractivity contribution in [1.29, 1.82) is 0 Å². The first-order valence-corrected chi connectivity index (χ1v) is 4.97. The molecule has 0 radical (unpaired) electrons. The summed E-state index contributed by atoms with van der Waals surface area (Å²) in [5.41, 5.74) is -2.85. The third-order valence-corrected chi connectivity index (χ3v) is 2.40. The van der Waals surface area contributed by atoms with E-state index in [2.05, 4.69) is 10.2 Å². The fourth-order valence-electron chi connectivity index (χ4n) is 1.53. The summed E-state index contributed by atoms with van der Waals surface area (Å²) in [6.45, 7) is 0. The van der Waals surface area contributed by atoms with Crippen LogP contribution in [0.25, 0.3) is 11.3 Å². The molecule has 102 valence electrons. The van der Waals surface area contributed by atoms with Gasteiger partial charge in [-0.3, -0.25) is 5.10 Å². The highest BCUT2D eigenvalue weighted by atomic mass is 19.4. The smallest absolute Gasteiger partial charge is 0.278 e. The summed E-state index contributed by atoms with van der Waals surface area (Å²) in [7, 11) is 0. The molecule has 0 bridgehead atoms. The van der Waals surface area contributed by atoms with Crippen LogP contribution in [0.2, 0.25) is 0 Å². The predicted molar refractivity (Wildman–Crippen MR) is 54.0 cm³/mol. The lowest BCUT2D eigenvalue weighted by atomic mass is 10.0. The molecule has 1 aromatic carbocycles. The molecule has 8 heteroatoms. The monoisotopic (exact) mass is 280 g/mol. The number of alkyl halides is 6. The van der Waals surface area contributed by atoms with E-state index in [1.807, 2.05) is 0 Å². The maximum atomic E-state index is 12.6. The standard InChI is InChI=1S/C11H6F6N2/c12-10(13,14)7-3-6(9-1-2-18-19-9)4-8(5-7)11(15,16)17/h1-5H,(H,18,19). The number of halogens is 6. The van der Waals surface area contributed by atoms with Gasteiger partial charge in [-0.1, -0.05) is 0 Å². The Hall–Kier alpha value is -1.99. The second-order valence-corrected chi connectivity index (χ2v) is 3.76. The third kappa shape index (κ3) is 2.88. The van der Waals surface area contributed by atoms with Gasteiger partial charge in [0.1, 0.15) is 0 Å². The van der Waals surface area contributed by atoms with Gasteiger partial charge in [-0.2, -0.15) is 31.4 Å². The van der Waals surface area contributed by atoms with Crippen molar-refractivity contribution < 1.29 is 26.3 Å². The first-order valence-electron chi connectivity index (χ1n) is 4.97. The molecule has 1 heterocycles. The van der Waals surface area contributed by atoms with E-state index in [0.717, 1.165) is 0 Å². The van der Waals surface area contributed by atoms with Crippen LogP contribution in [0.1, 0.15) is 11.1 Å². The van der Waals surface area contributed by atoms with Crippen LogP contribution in [0.5, 0.6) is 0 Å². The van der Waals surface area contributed by atoms with Crippen molar-refractivity contribution >= 4 is 0 Å². The van der Waals surface area contributed by atoms with Crippen LogP contribution in [-0.2, 0) is 12.4 Å². The molecule has 0 atom stereocenters. The zero-order chi connectivity index (χ0) is 14.3. The summed E-state index contributed by atoms with van der Waals surface area (Å²) in [5, 5.41) is 5.82. The number of aromatic nitrogens is 2. The minimum Gasteiger partial charge on any atom is -0.278 e. The normalized spacial score (nSPS) is 12.7. The van der Waals surface area contributed by atoms with Crippen LogP contribution in [0.4, 0.5) is 26.3 Å². The molecule has 1 N–H and O–H groups in total. The maximum Gasteiger partial charge on any atom is 0.416 e. The maximum absolute atomic E-state index is 12.6. The van der Waals surface area contributed by atoms with Crippen molar-refractivity contribution in [2.24, 2.45) is 0 Å². The molecule has 19 heavy (non-hydrogen) atoms. The molecule has 2 nitrogen and oxygen atoms in total. The average Bonchev–Trinajstić information content (AvgIpc) is 2.79. The van der Waals surface area contributed by atoms with E-state index in [4.69, 9.17) is 0 Å². The molecular weight excluding hydrogens is 274 g/mol. The Balaban J connectivity index is 2.62. The number of benzene rings is 1. The van der Waals surface area contributed by atoms with Crippen molar-refractivity contribution in [2.45, 2.75) is 12.4 Å². The molecule has 0 spiro atoms. The van der Waals surface area contributed by atoms with Gasteiger partial charge >= 0.3 is 12.4 Å². The van der Waals surface area contributed by atoms with E-state index in [1.165, 1.54) is 12.3 Å². The van der Waals surface area contributed by atoms with Crippen molar-refractivity contribution in [3.63, 3.8) is 0 Å². The van der Waals surface area contributed by atoms with E-state index in [1.54, 1.807) is 0 Å². The van der Waals surface area contributed by atoms with Gasteiger partial charge in [-0.15, -0.1) is 0 Å². The van der Waals surface area contributed by atoms with E-state index in [0.29, 0.717) is 12.1 Å². The molecule has 0 unspecified atom stereocenters. The summed E-state index contributed by atoms with van der Waals surface area (Å²) in [6, 6.07) is 2.65. The molecule has 0 fully saturated rings. The van der Waals surface area contributed by atoms with E-state index < -0.39 is 23.5 Å². The highest BCUT2D eigenvalue weighted by Gasteiger charge is 2.37. The third-order valence-electron chi connectivity index (χ3n) is 2.40. The van der Waals surface area contributed by atoms with Gasteiger partial charge < -0.3 is 0 Å². The second-order valence-electron chi connectivity index (χ2n) is 3.76. The Labute approximate surface area is 103 Å². The van der Waals surface area contributed by atoms with Crippen LogP contribution in [0, 0.1) is 0 Å². The Bertz CT molecular complexity index is 536. The van der Waals surface area contributed by atoms with Gasteiger partial charge in [0.05, 0.1) is 16.8 Å². The van der Waals surface area contributed by atoms with Crippen molar-refractivity contribution in [3.8, 4) is 11.3 Å². The molecule has 2 aromatic rings. The Kier molecular flexibility index (Phi) is 3.03. The minimum absolute atomic E-state index is 0.0802. The molecule has 0 aliphatic carbocycles. The van der Waals surface area contributed by atoms with Gasteiger partial charge in [0.15, 0.2) is 0 Å². The van der Waals surface area contributed by atoms with Crippen LogP contribution < -0.4 is 0 Å². The fraction of sp³-hybridized carbons (Fsp3) is 0.182. The lowest BCUT2D eigenvalue weighted by molar-refractivity contribution is -0.143. The van der Waals surface area contributed by atoms with Gasteiger partial charge in [0, 0.05) is 11.8 Å². The largest absolute Gasteiger partial charge is 0.416 e. The molecule has 0 aliphatic rings. The lowest BCUT2D eigenvalue weighted by Gasteiger charge is -2.13. The number of H-pyrrole nitrogens is 1. The SMILES string of the molecule is FC(F)(F)c1cc(-c2ccn[nH]2)cc(C(F)(F)F)c1. The summed E-state index contributed by atoms with van der Waals surface area (Å²) < 4.78 is 75.5. The van der Waals surface area contributed by atoms with Crippen LogP contribution in [0.15, 0.2) is 30.5 Å². The summed E-state index contributed by atoms with van der Waals surface area (Å²) in [6.07, 6.45) is -8.46. The predicted octanol–water partition coefficient (Wildman–Crippen LogP) is 4.11. The summed E-state index contributed by atoms with van der Waals surface area (Å²) >= 11 is 0. The number of rotatable bonds is 1. The molecule has 0 saturated heterocycles. The number of nitrogens with zero attached hydrogens (tertiary/aromatic N) is 1. The van der Waals surface area contributed by atoms with Gasteiger partial charge in [-0.25, -0.2) is 0 Å². The molecule has 0 aliphatic heterocycles. The van der Waals surface area contributed by atoms with Crippen molar-refractivity contribution in [2.75, 3.05) is 0 Å². The van der Waals surface area contributed by atoms with Gasteiger partial charge in [0.25, 0.3) is 0 Å². The van der Waals surface area contributed by atoms with Crippen molar-refractivity contribution in [3.05, 3.63) is 41.6 Å². The minimum atomic E-state index is -4.85. The summed E-state index contributed by atoms with van der Waals surface area (Å²) in [4.78, 5) is 0. The van der Waals surface area contributed by atoms with E-state index in [-0.39, 0.29) is 17.3 Å². The first-order chi connectivity index (χ1) is 8.68. The van der Waals surface area contributed by atoms with Crippen LogP contribution in [-0.4, -0.2) is 10.2 Å².